The van der Waals surface area contributed by atoms with Gasteiger partial charge in [0, 0.05) is 25.1 Å². The Bertz CT molecular complexity index is 1210. The molecule has 3 aromatic rings. The van der Waals surface area contributed by atoms with Crippen molar-refractivity contribution in [2.24, 2.45) is 0 Å². The number of nitrogens with zero attached hydrogens (tertiary/aromatic N) is 3. The summed E-state index contributed by atoms with van der Waals surface area (Å²) >= 11 is 1.75. The Kier molecular flexibility index (Phi) is 9.17. The molecule has 36 heavy (non-hydrogen) atoms. The predicted molar refractivity (Wildman–Crippen MR) is 148 cm³/mol. The number of unbranched alkanes of at least 4 members (excludes halogenated alkanes) is 1. The summed E-state index contributed by atoms with van der Waals surface area (Å²) in [6.45, 7) is 7.05. The molecule has 1 aliphatic carbocycles. The molecule has 0 aliphatic heterocycles. The maximum absolute atomic E-state index is 12.3. The fourth-order valence-corrected chi connectivity index (χ4v) is 5.60. The van der Waals surface area contributed by atoms with Gasteiger partial charge < -0.3 is 5.32 Å². The molecule has 1 N–H and O–H groups in total. The van der Waals surface area contributed by atoms with Gasteiger partial charge in [-0.2, -0.15) is 0 Å². The second kappa shape index (κ2) is 12.7. The van der Waals surface area contributed by atoms with Crippen molar-refractivity contribution < 1.29 is 4.79 Å². The third-order valence-corrected chi connectivity index (χ3v) is 7.36. The average Bonchev–Trinajstić information content (AvgIpc) is 3.27. The fraction of sp³-hybridized carbons (Fsp3) is 0.367. The summed E-state index contributed by atoms with van der Waals surface area (Å²) in [5.41, 5.74) is 6.37. The zero-order valence-corrected chi connectivity index (χ0v) is 22.4. The van der Waals surface area contributed by atoms with Crippen molar-refractivity contribution in [3.63, 3.8) is 0 Å². The minimum absolute atomic E-state index is 0.0981. The number of hydrogen-bond acceptors (Lipinski definition) is 4. The minimum atomic E-state index is 0.0981. The van der Waals surface area contributed by atoms with E-state index < -0.39 is 0 Å². The van der Waals surface area contributed by atoms with Gasteiger partial charge in [0.15, 0.2) is 5.16 Å². The van der Waals surface area contributed by atoms with Crippen molar-refractivity contribution in [1.82, 2.24) is 20.1 Å². The van der Waals surface area contributed by atoms with Crippen LogP contribution in [0.15, 0.2) is 77.5 Å². The van der Waals surface area contributed by atoms with E-state index in [2.05, 4.69) is 77.3 Å². The summed E-state index contributed by atoms with van der Waals surface area (Å²) in [5.74, 6) is 1.97. The summed E-state index contributed by atoms with van der Waals surface area (Å²) in [5, 5.41) is 13.2. The van der Waals surface area contributed by atoms with Gasteiger partial charge >= 0.3 is 0 Å². The quantitative estimate of drug-likeness (QED) is 0.236. The van der Waals surface area contributed by atoms with Gasteiger partial charge in [-0.05, 0) is 51.2 Å². The van der Waals surface area contributed by atoms with Crippen LogP contribution in [-0.2, 0) is 23.5 Å². The third kappa shape index (κ3) is 7.44. The van der Waals surface area contributed by atoms with E-state index >= 15 is 0 Å². The Hall–Kier alpha value is -3.12. The molecule has 1 unspecified atom stereocenters. The molecule has 1 atom stereocenters. The lowest BCUT2D eigenvalue weighted by atomic mass is 10.0. The second-order valence-corrected chi connectivity index (χ2v) is 10.6. The molecule has 2 aromatic carbocycles. The highest BCUT2D eigenvalue weighted by Crippen LogP contribution is 2.31. The lowest BCUT2D eigenvalue weighted by molar-refractivity contribution is -0.121. The van der Waals surface area contributed by atoms with Crippen LogP contribution >= 0.6 is 11.8 Å². The number of thioether (sulfide) groups is 1. The van der Waals surface area contributed by atoms with E-state index in [0.29, 0.717) is 13.0 Å². The van der Waals surface area contributed by atoms with E-state index in [-0.39, 0.29) is 11.9 Å². The molecule has 1 aliphatic rings. The molecule has 0 spiro atoms. The van der Waals surface area contributed by atoms with Gasteiger partial charge in [0.05, 0.1) is 6.04 Å². The molecular formula is C30H36N4OS. The first kappa shape index (κ1) is 26.0. The molecular weight excluding hydrogens is 464 g/mol. The van der Waals surface area contributed by atoms with Crippen molar-refractivity contribution in [3.05, 3.63) is 100 Å². The van der Waals surface area contributed by atoms with Crippen LogP contribution in [0.1, 0.15) is 66.7 Å². The molecule has 4 rings (SSSR count). The van der Waals surface area contributed by atoms with E-state index in [1.165, 1.54) is 22.3 Å². The monoisotopic (exact) mass is 500 g/mol. The van der Waals surface area contributed by atoms with E-state index in [4.69, 9.17) is 0 Å². The Morgan fingerprint density at radius 1 is 1.03 bits per heavy atom. The Morgan fingerprint density at radius 3 is 2.56 bits per heavy atom. The lowest BCUT2D eigenvalue weighted by Gasteiger charge is -2.21. The highest BCUT2D eigenvalue weighted by molar-refractivity contribution is 7.98. The van der Waals surface area contributed by atoms with E-state index in [1.807, 2.05) is 30.3 Å². The smallest absolute Gasteiger partial charge is 0.220 e. The maximum atomic E-state index is 12.3. The van der Waals surface area contributed by atoms with Gasteiger partial charge in [-0.15, -0.1) is 10.2 Å². The van der Waals surface area contributed by atoms with Crippen LogP contribution in [-0.4, -0.2) is 20.7 Å². The maximum Gasteiger partial charge on any atom is 0.220 e. The predicted octanol–water partition coefficient (Wildman–Crippen LogP) is 6.66. The highest BCUT2D eigenvalue weighted by atomic mass is 32.2. The van der Waals surface area contributed by atoms with Crippen LogP contribution in [0.25, 0.3) is 0 Å². The summed E-state index contributed by atoms with van der Waals surface area (Å²) in [6, 6.07) is 17.0. The first-order chi connectivity index (χ1) is 17.5. The van der Waals surface area contributed by atoms with Gasteiger partial charge in [0.25, 0.3) is 0 Å². The molecule has 1 amide bonds. The zero-order chi connectivity index (χ0) is 25.3. The molecule has 5 nitrogen and oxygen atoms in total. The first-order valence-corrected chi connectivity index (χ1v) is 13.7. The molecule has 188 valence electrons. The van der Waals surface area contributed by atoms with E-state index in [0.717, 1.165) is 48.0 Å². The normalized spacial score (nSPS) is 15.1. The van der Waals surface area contributed by atoms with Crippen molar-refractivity contribution in [2.45, 2.75) is 76.4 Å². The number of rotatable bonds is 11. The number of carbonyl (C=O) groups is 1. The molecule has 6 heteroatoms. The number of aryl methyl sites for hydroxylation is 3. The Balaban J connectivity index is 1.35. The molecule has 0 radical (unpaired) electrons. The number of hydrogen-bond donors (Lipinski definition) is 1. The summed E-state index contributed by atoms with van der Waals surface area (Å²) < 4.78 is 2.32. The van der Waals surface area contributed by atoms with Crippen LogP contribution in [0.2, 0.25) is 0 Å². The Morgan fingerprint density at radius 2 is 1.81 bits per heavy atom. The fourth-order valence-electron chi connectivity index (χ4n) is 4.65. The van der Waals surface area contributed by atoms with Crippen molar-refractivity contribution in [3.8, 4) is 0 Å². The van der Waals surface area contributed by atoms with Gasteiger partial charge in [0.2, 0.25) is 5.91 Å². The average molecular weight is 501 g/mol. The standard InChI is InChI=1S/C30H36N4OS/c1-22-10-9-13-27(19-22)34-28(14-7-8-15-29(35)31-20-25-11-5-4-6-12-25)32-33-30(34)36-21-26-17-23(2)16-24(3)18-26/h4-6,9-13,16-18,27H,7-8,14-15,19-21H2,1-3H3,(H,31,35). The third-order valence-electron chi connectivity index (χ3n) is 6.35. The number of amides is 1. The van der Waals surface area contributed by atoms with E-state index in [1.54, 1.807) is 11.8 Å². The van der Waals surface area contributed by atoms with Gasteiger partial charge in [0.1, 0.15) is 5.82 Å². The number of nitrogens with one attached hydrogen (secondary N) is 1. The summed E-state index contributed by atoms with van der Waals surface area (Å²) in [4.78, 5) is 12.3. The second-order valence-electron chi connectivity index (χ2n) is 9.69. The topological polar surface area (TPSA) is 59.8 Å². The van der Waals surface area contributed by atoms with Gasteiger partial charge in [-0.3, -0.25) is 9.36 Å². The molecule has 0 bridgehead atoms. The minimum Gasteiger partial charge on any atom is -0.352 e. The van der Waals surface area contributed by atoms with Crippen LogP contribution in [0.3, 0.4) is 0 Å². The first-order valence-electron chi connectivity index (χ1n) is 12.8. The van der Waals surface area contributed by atoms with Gasteiger partial charge in [-0.1, -0.05) is 95.2 Å². The summed E-state index contributed by atoms with van der Waals surface area (Å²) in [7, 11) is 0. The van der Waals surface area contributed by atoms with Crippen LogP contribution in [0, 0.1) is 13.8 Å². The van der Waals surface area contributed by atoms with Crippen LogP contribution < -0.4 is 5.32 Å². The molecule has 1 heterocycles. The summed E-state index contributed by atoms with van der Waals surface area (Å²) in [6.07, 6.45) is 10.6. The number of benzene rings is 2. The number of allylic oxidation sites excluding steroid dienone is 4. The van der Waals surface area contributed by atoms with E-state index in [9.17, 15) is 4.79 Å². The van der Waals surface area contributed by atoms with Gasteiger partial charge in [-0.25, -0.2) is 0 Å². The molecule has 1 aromatic heterocycles. The SMILES string of the molecule is CC1=CC=CC(n2c(CCCCC(=O)NCc3ccccc3)nnc2SCc2cc(C)cc(C)c2)C1. The molecule has 0 fully saturated rings. The van der Waals surface area contributed by atoms with Crippen LogP contribution in [0.4, 0.5) is 0 Å². The number of carbonyl (C=O) groups excluding carboxylic acids is 1. The highest BCUT2D eigenvalue weighted by Gasteiger charge is 2.21. The van der Waals surface area contributed by atoms with Crippen molar-refractivity contribution >= 4 is 17.7 Å². The molecule has 0 saturated carbocycles. The van der Waals surface area contributed by atoms with Crippen molar-refractivity contribution in [1.29, 1.82) is 0 Å². The van der Waals surface area contributed by atoms with Crippen LogP contribution in [0.5, 0.6) is 0 Å². The Labute approximate surface area is 219 Å². The largest absolute Gasteiger partial charge is 0.352 e. The lowest BCUT2D eigenvalue weighted by Crippen LogP contribution is -2.22. The zero-order valence-electron chi connectivity index (χ0n) is 21.5. The van der Waals surface area contributed by atoms with Crippen molar-refractivity contribution in [2.75, 3.05) is 0 Å². The molecule has 0 saturated heterocycles. The number of aromatic nitrogens is 3.